The summed E-state index contributed by atoms with van der Waals surface area (Å²) in [7, 11) is -2.87. The van der Waals surface area contributed by atoms with Crippen LogP contribution < -0.4 is 4.90 Å². The molecule has 4 nitrogen and oxygen atoms in total. The van der Waals surface area contributed by atoms with Crippen molar-refractivity contribution in [2.75, 3.05) is 29.5 Å². The van der Waals surface area contributed by atoms with Gasteiger partial charge in [0.05, 0.1) is 11.5 Å². The topological polar surface area (TPSA) is 50.3 Å². The van der Waals surface area contributed by atoms with Crippen LogP contribution in [0.3, 0.4) is 0 Å². The van der Waals surface area contributed by atoms with E-state index in [0.29, 0.717) is 11.5 Å². The number of nitrogens with zero attached hydrogens (tertiary/aromatic N) is 2. The molecule has 2 unspecified atom stereocenters. The van der Waals surface area contributed by atoms with Crippen LogP contribution in [0.2, 0.25) is 0 Å². The Balaban J connectivity index is 1.56. The van der Waals surface area contributed by atoms with E-state index in [4.69, 9.17) is 0 Å². The lowest BCUT2D eigenvalue weighted by Gasteiger charge is -2.41. The first-order valence-electron chi connectivity index (χ1n) is 9.45. The highest BCUT2D eigenvalue weighted by molar-refractivity contribution is 7.91. The lowest BCUT2D eigenvalue weighted by molar-refractivity contribution is 0.0945. The van der Waals surface area contributed by atoms with E-state index < -0.39 is 9.84 Å². The Labute approximate surface area is 144 Å². The van der Waals surface area contributed by atoms with Gasteiger partial charge in [0.2, 0.25) is 0 Å². The van der Waals surface area contributed by atoms with Crippen molar-refractivity contribution in [2.45, 2.75) is 51.4 Å². The molecular formula is C19H26N2O2S. The monoisotopic (exact) mass is 346 g/mol. The molecule has 1 aromatic rings. The van der Waals surface area contributed by atoms with Crippen molar-refractivity contribution in [3.05, 3.63) is 23.5 Å². The number of sulfone groups is 1. The van der Waals surface area contributed by atoms with Crippen LogP contribution in [0.4, 0.5) is 5.69 Å². The van der Waals surface area contributed by atoms with Crippen LogP contribution in [-0.2, 0) is 22.7 Å². The molecule has 0 spiro atoms. The van der Waals surface area contributed by atoms with Gasteiger partial charge in [-0.2, -0.15) is 0 Å². The van der Waals surface area contributed by atoms with Crippen LogP contribution >= 0.6 is 0 Å². The lowest BCUT2D eigenvalue weighted by Crippen LogP contribution is -2.42. The molecular weight excluding hydrogens is 320 g/mol. The van der Waals surface area contributed by atoms with Crippen LogP contribution in [-0.4, -0.2) is 38.0 Å². The molecule has 0 aromatic carbocycles. The first-order valence-corrected chi connectivity index (χ1v) is 11.3. The number of aryl methyl sites for hydroxylation is 1. The fraction of sp³-hybridized carbons (Fsp3) is 0.737. The molecule has 2 saturated heterocycles. The molecule has 130 valence electrons. The highest BCUT2D eigenvalue weighted by Crippen LogP contribution is 2.61. The minimum atomic E-state index is -2.87. The van der Waals surface area contributed by atoms with Crippen molar-refractivity contribution in [2.24, 2.45) is 10.8 Å². The van der Waals surface area contributed by atoms with E-state index in [0.717, 1.165) is 38.8 Å². The van der Waals surface area contributed by atoms with Crippen LogP contribution in [0.5, 0.6) is 0 Å². The van der Waals surface area contributed by atoms with Crippen LogP contribution in [0.25, 0.3) is 0 Å². The normalized spacial score (nSPS) is 36.9. The third-order valence-corrected chi connectivity index (χ3v) is 9.20. The summed E-state index contributed by atoms with van der Waals surface area (Å²) in [6.07, 6.45) is 11.3. The maximum Gasteiger partial charge on any atom is 0.151 e. The maximum atomic E-state index is 12.4. The van der Waals surface area contributed by atoms with Gasteiger partial charge in [0.15, 0.2) is 9.84 Å². The molecule has 0 radical (unpaired) electrons. The zero-order chi connectivity index (χ0) is 16.4. The first kappa shape index (κ1) is 15.2. The lowest BCUT2D eigenvalue weighted by atomic mass is 9.60. The number of hydrogen-bond donors (Lipinski definition) is 0. The predicted octanol–water partition coefficient (Wildman–Crippen LogP) is 2.76. The number of fused-ring (bicyclic) bond motifs is 1. The van der Waals surface area contributed by atoms with Gasteiger partial charge in [-0.1, -0.05) is 12.8 Å². The summed E-state index contributed by atoms with van der Waals surface area (Å²) in [5, 5.41) is 0. The van der Waals surface area contributed by atoms with E-state index in [2.05, 4.69) is 16.0 Å². The summed E-state index contributed by atoms with van der Waals surface area (Å²) in [6, 6.07) is 2.18. The number of rotatable bonds is 1. The van der Waals surface area contributed by atoms with Crippen molar-refractivity contribution < 1.29 is 8.42 Å². The standard InChI is InChI=1S/C19H26N2O2S/c22-24(23)13-18-8-3-4-9-19(18,14-24)12-21(11-18)17-7-10-20-16-6-2-1-5-15(16)17/h7,10H,1-6,8-9,11-14H2. The van der Waals surface area contributed by atoms with Crippen LogP contribution in [0, 0.1) is 10.8 Å². The van der Waals surface area contributed by atoms with Crippen LogP contribution in [0.1, 0.15) is 49.8 Å². The molecule has 4 aliphatic rings. The second-order valence-corrected chi connectivity index (χ2v) is 10.7. The molecule has 0 amide bonds. The number of aromatic nitrogens is 1. The van der Waals surface area contributed by atoms with E-state index in [-0.39, 0.29) is 10.8 Å². The summed E-state index contributed by atoms with van der Waals surface area (Å²) >= 11 is 0. The van der Waals surface area contributed by atoms with Gasteiger partial charge in [0, 0.05) is 41.5 Å². The average molecular weight is 346 g/mol. The predicted molar refractivity (Wildman–Crippen MR) is 95.1 cm³/mol. The zero-order valence-electron chi connectivity index (χ0n) is 14.3. The molecule has 1 saturated carbocycles. The van der Waals surface area contributed by atoms with Gasteiger partial charge >= 0.3 is 0 Å². The molecule has 24 heavy (non-hydrogen) atoms. The summed E-state index contributed by atoms with van der Waals surface area (Å²) in [4.78, 5) is 7.14. The molecule has 2 atom stereocenters. The minimum Gasteiger partial charge on any atom is -0.370 e. The number of anilines is 1. The second kappa shape index (κ2) is 4.96. The van der Waals surface area contributed by atoms with E-state index in [1.54, 1.807) is 0 Å². The largest absolute Gasteiger partial charge is 0.370 e. The Kier molecular flexibility index (Phi) is 3.14. The first-order chi connectivity index (χ1) is 11.5. The fourth-order valence-electron chi connectivity index (χ4n) is 6.24. The molecule has 5 heteroatoms. The highest BCUT2D eigenvalue weighted by atomic mass is 32.2. The Morgan fingerprint density at radius 1 is 0.958 bits per heavy atom. The summed E-state index contributed by atoms with van der Waals surface area (Å²) in [6.45, 7) is 1.87. The van der Waals surface area contributed by atoms with E-state index in [1.165, 1.54) is 42.6 Å². The van der Waals surface area contributed by atoms with Gasteiger partial charge in [0.1, 0.15) is 0 Å². The maximum absolute atomic E-state index is 12.4. The van der Waals surface area contributed by atoms with E-state index in [9.17, 15) is 8.42 Å². The van der Waals surface area contributed by atoms with Gasteiger partial charge in [-0.15, -0.1) is 0 Å². The quantitative estimate of drug-likeness (QED) is 0.784. The molecule has 0 bridgehead atoms. The van der Waals surface area contributed by atoms with E-state index >= 15 is 0 Å². The third kappa shape index (κ3) is 2.03. The second-order valence-electron chi connectivity index (χ2n) is 8.62. The third-order valence-electron chi connectivity index (χ3n) is 7.22. The SMILES string of the molecule is O=S1(=O)CC23CCCCC2(CN(c2ccnc4c2CCCC4)C3)C1. The molecule has 3 fully saturated rings. The van der Waals surface area contributed by atoms with Gasteiger partial charge < -0.3 is 4.90 Å². The molecule has 3 heterocycles. The zero-order valence-corrected chi connectivity index (χ0v) is 15.1. The van der Waals surface area contributed by atoms with Gasteiger partial charge in [0.25, 0.3) is 0 Å². The molecule has 2 aliphatic heterocycles. The van der Waals surface area contributed by atoms with Crippen molar-refractivity contribution in [3.63, 3.8) is 0 Å². The van der Waals surface area contributed by atoms with Crippen molar-refractivity contribution in [1.82, 2.24) is 4.98 Å². The van der Waals surface area contributed by atoms with E-state index in [1.807, 2.05) is 6.20 Å². The smallest absolute Gasteiger partial charge is 0.151 e. The van der Waals surface area contributed by atoms with Crippen molar-refractivity contribution in [3.8, 4) is 0 Å². The Morgan fingerprint density at radius 3 is 2.33 bits per heavy atom. The minimum absolute atomic E-state index is 0.00883. The highest BCUT2D eigenvalue weighted by Gasteiger charge is 2.65. The summed E-state index contributed by atoms with van der Waals surface area (Å²) < 4.78 is 24.9. The number of hydrogen-bond acceptors (Lipinski definition) is 4. The molecule has 1 aromatic heterocycles. The molecule has 0 N–H and O–H groups in total. The van der Waals surface area contributed by atoms with Gasteiger partial charge in [-0.05, 0) is 50.2 Å². The Hall–Kier alpha value is -1.10. The molecule has 5 rings (SSSR count). The summed E-state index contributed by atoms with van der Waals surface area (Å²) in [5.74, 6) is 0.841. The van der Waals surface area contributed by atoms with Crippen LogP contribution in [0.15, 0.2) is 12.3 Å². The van der Waals surface area contributed by atoms with Crippen molar-refractivity contribution >= 4 is 15.5 Å². The molecule has 2 aliphatic carbocycles. The van der Waals surface area contributed by atoms with Gasteiger partial charge in [-0.3, -0.25) is 4.98 Å². The average Bonchev–Trinajstić information content (AvgIpc) is 2.98. The Bertz CT molecular complexity index is 761. The van der Waals surface area contributed by atoms with Gasteiger partial charge in [-0.25, -0.2) is 8.42 Å². The Morgan fingerprint density at radius 2 is 1.62 bits per heavy atom. The summed E-state index contributed by atoms with van der Waals surface area (Å²) in [5.41, 5.74) is 4.09. The number of pyridine rings is 1. The fourth-order valence-corrected chi connectivity index (χ4v) is 9.11. The van der Waals surface area contributed by atoms with Crippen molar-refractivity contribution in [1.29, 1.82) is 0 Å².